The summed E-state index contributed by atoms with van der Waals surface area (Å²) in [4.78, 5) is 21.9. The summed E-state index contributed by atoms with van der Waals surface area (Å²) < 4.78 is 12.8. The second-order valence-electron chi connectivity index (χ2n) is 7.55. The molecule has 2 aromatic carbocycles. The van der Waals surface area contributed by atoms with Crippen molar-refractivity contribution < 1.29 is 14.1 Å². The minimum absolute atomic E-state index is 0.0784. The van der Waals surface area contributed by atoms with Crippen LogP contribution in [0.15, 0.2) is 71.5 Å². The molecule has 0 fully saturated rings. The molecule has 33 heavy (non-hydrogen) atoms. The lowest BCUT2D eigenvalue weighted by molar-refractivity contribution is 0.0994. The lowest BCUT2D eigenvalue weighted by Crippen LogP contribution is -2.06. The molecule has 0 unspecified atom stereocenters. The molecule has 0 aliphatic rings. The first-order chi connectivity index (χ1) is 16.0. The third-order valence-electron chi connectivity index (χ3n) is 5.55. The molecule has 5 aromatic rings. The van der Waals surface area contributed by atoms with Crippen molar-refractivity contribution in [1.82, 2.24) is 19.7 Å². The van der Waals surface area contributed by atoms with Crippen LogP contribution in [0.1, 0.15) is 27.5 Å². The third kappa shape index (κ3) is 3.87. The highest BCUT2D eigenvalue weighted by atomic mass is 35.5. The molecule has 3 heterocycles. The molecule has 8 heteroatoms. The molecule has 0 saturated heterocycles. The minimum atomic E-state index is -0.344. The number of carbonyl (C=O) groups is 1. The number of benzene rings is 2. The predicted molar refractivity (Wildman–Crippen MR) is 125 cm³/mol. The number of hydrogen-bond donors (Lipinski definition) is 0. The molecule has 0 aliphatic carbocycles. The molecule has 0 aliphatic heterocycles. The van der Waals surface area contributed by atoms with Crippen LogP contribution in [0.5, 0.6) is 5.75 Å². The SMILES string of the molecule is COc1ccc2c(c1)c(C(=O)c1nc(-c3cccnc3)no1)c(C)n2Cc1ccc(Cl)cc1. The van der Waals surface area contributed by atoms with Crippen LogP contribution in [0.25, 0.3) is 22.3 Å². The van der Waals surface area contributed by atoms with E-state index in [9.17, 15) is 4.79 Å². The lowest BCUT2D eigenvalue weighted by atomic mass is 10.1. The Morgan fingerprint density at radius 2 is 1.97 bits per heavy atom. The van der Waals surface area contributed by atoms with Crippen molar-refractivity contribution in [2.75, 3.05) is 7.11 Å². The molecule has 0 radical (unpaired) electrons. The van der Waals surface area contributed by atoms with Gasteiger partial charge in [-0.2, -0.15) is 4.98 Å². The van der Waals surface area contributed by atoms with Crippen molar-refractivity contribution in [3.8, 4) is 17.1 Å². The smallest absolute Gasteiger partial charge is 0.299 e. The maximum absolute atomic E-state index is 13.6. The van der Waals surface area contributed by atoms with E-state index in [4.69, 9.17) is 20.9 Å². The minimum Gasteiger partial charge on any atom is -0.497 e. The predicted octanol–water partition coefficient (Wildman–Crippen LogP) is 5.34. The van der Waals surface area contributed by atoms with Gasteiger partial charge in [0, 0.05) is 46.1 Å². The van der Waals surface area contributed by atoms with Gasteiger partial charge in [0.1, 0.15) is 5.75 Å². The Bertz CT molecular complexity index is 1460. The normalized spacial score (nSPS) is 11.1. The number of carbonyl (C=O) groups excluding carboxylic acids is 1. The van der Waals surface area contributed by atoms with Crippen molar-refractivity contribution in [3.63, 3.8) is 0 Å². The Balaban J connectivity index is 1.61. The van der Waals surface area contributed by atoms with Gasteiger partial charge in [-0.15, -0.1) is 0 Å². The summed E-state index contributed by atoms with van der Waals surface area (Å²) in [6.07, 6.45) is 3.27. The van der Waals surface area contributed by atoms with Crippen LogP contribution in [0.4, 0.5) is 0 Å². The monoisotopic (exact) mass is 458 g/mol. The van der Waals surface area contributed by atoms with Gasteiger partial charge in [0.2, 0.25) is 5.82 Å². The van der Waals surface area contributed by atoms with E-state index in [0.717, 1.165) is 22.2 Å². The second kappa shape index (κ2) is 8.52. The van der Waals surface area contributed by atoms with Crippen LogP contribution in [0.2, 0.25) is 5.02 Å². The summed E-state index contributed by atoms with van der Waals surface area (Å²) in [5.74, 6) is 0.543. The molecule has 0 bridgehead atoms. The summed E-state index contributed by atoms with van der Waals surface area (Å²) >= 11 is 6.04. The van der Waals surface area contributed by atoms with E-state index in [1.807, 2.05) is 49.4 Å². The van der Waals surface area contributed by atoms with Gasteiger partial charge in [-0.25, -0.2) is 0 Å². The van der Waals surface area contributed by atoms with Gasteiger partial charge in [0.05, 0.1) is 12.7 Å². The van der Waals surface area contributed by atoms with Crippen molar-refractivity contribution in [1.29, 1.82) is 0 Å². The fourth-order valence-corrected chi connectivity index (χ4v) is 4.01. The molecular formula is C25H19ClN4O3. The number of pyridine rings is 1. The van der Waals surface area contributed by atoms with Gasteiger partial charge < -0.3 is 13.8 Å². The molecule has 0 N–H and O–H groups in total. The van der Waals surface area contributed by atoms with E-state index in [2.05, 4.69) is 19.7 Å². The number of rotatable bonds is 6. The highest BCUT2D eigenvalue weighted by Gasteiger charge is 2.26. The van der Waals surface area contributed by atoms with Crippen molar-refractivity contribution in [2.24, 2.45) is 0 Å². The molecular weight excluding hydrogens is 440 g/mol. The highest BCUT2D eigenvalue weighted by molar-refractivity contribution is 6.30. The first-order valence-electron chi connectivity index (χ1n) is 10.2. The average Bonchev–Trinajstić information content (AvgIpc) is 3.44. The van der Waals surface area contributed by atoms with E-state index in [0.29, 0.717) is 34.3 Å². The zero-order valence-corrected chi connectivity index (χ0v) is 18.7. The van der Waals surface area contributed by atoms with Gasteiger partial charge in [-0.05, 0) is 55.0 Å². The standard InChI is InChI=1S/C25H19ClN4O3/c1-15-22(23(31)25-28-24(29-33-25)17-4-3-11-27-13-17)20-12-19(32-2)9-10-21(20)30(15)14-16-5-7-18(26)8-6-16/h3-13H,14H2,1-2H3. The highest BCUT2D eigenvalue weighted by Crippen LogP contribution is 2.32. The number of hydrogen-bond acceptors (Lipinski definition) is 6. The van der Waals surface area contributed by atoms with Crippen molar-refractivity contribution in [2.45, 2.75) is 13.5 Å². The molecule has 5 rings (SSSR count). The fraction of sp³-hybridized carbons (Fsp3) is 0.120. The fourth-order valence-electron chi connectivity index (χ4n) is 3.89. The maximum atomic E-state index is 13.6. The maximum Gasteiger partial charge on any atom is 0.299 e. The number of halogens is 1. The van der Waals surface area contributed by atoms with Gasteiger partial charge in [0.25, 0.3) is 11.7 Å². The number of methoxy groups -OCH3 is 1. The molecule has 164 valence electrons. The lowest BCUT2D eigenvalue weighted by Gasteiger charge is -2.09. The number of fused-ring (bicyclic) bond motifs is 1. The summed E-state index contributed by atoms with van der Waals surface area (Å²) in [5, 5.41) is 5.40. The zero-order valence-electron chi connectivity index (χ0n) is 17.9. The number of ketones is 1. The summed E-state index contributed by atoms with van der Waals surface area (Å²) in [5.41, 5.74) is 3.92. The van der Waals surface area contributed by atoms with Crippen LogP contribution in [0.3, 0.4) is 0 Å². The molecule has 0 spiro atoms. The third-order valence-corrected chi connectivity index (χ3v) is 5.80. The van der Waals surface area contributed by atoms with E-state index < -0.39 is 0 Å². The number of ether oxygens (including phenoxy) is 1. The van der Waals surface area contributed by atoms with Gasteiger partial charge in [-0.3, -0.25) is 9.78 Å². The van der Waals surface area contributed by atoms with Crippen molar-refractivity contribution in [3.05, 3.63) is 94.7 Å². The van der Waals surface area contributed by atoms with E-state index in [1.165, 1.54) is 0 Å². The number of aromatic nitrogens is 4. The molecule has 7 nitrogen and oxygen atoms in total. The number of nitrogens with zero attached hydrogens (tertiary/aromatic N) is 4. The van der Waals surface area contributed by atoms with Gasteiger partial charge >= 0.3 is 0 Å². The topological polar surface area (TPSA) is 83.0 Å². The first kappa shape index (κ1) is 20.9. The van der Waals surface area contributed by atoms with Gasteiger partial charge in [0.15, 0.2) is 0 Å². The molecule has 3 aromatic heterocycles. The van der Waals surface area contributed by atoms with Crippen LogP contribution in [-0.2, 0) is 6.54 Å². The van der Waals surface area contributed by atoms with E-state index in [-0.39, 0.29) is 11.7 Å². The summed E-state index contributed by atoms with van der Waals surface area (Å²) in [7, 11) is 1.60. The Morgan fingerprint density at radius 3 is 2.70 bits per heavy atom. The Morgan fingerprint density at radius 1 is 1.15 bits per heavy atom. The van der Waals surface area contributed by atoms with Crippen LogP contribution < -0.4 is 4.74 Å². The summed E-state index contributed by atoms with van der Waals surface area (Å²) in [6, 6.07) is 16.9. The molecule has 0 atom stereocenters. The van der Waals surface area contributed by atoms with E-state index in [1.54, 1.807) is 31.6 Å². The Labute approximate surface area is 194 Å². The largest absolute Gasteiger partial charge is 0.497 e. The van der Waals surface area contributed by atoms with Gasteiger partial charge in [-0.1, -0.05) is 28.9 Å². The second-order valence-corrected chi connectivity index (χ2v) is 7.99. The first-order valence-corrected chi connectivity index (χ1v) is 10.6. The van der Waals surface area contributed by atoms with Crippen LogP contribution in [-0.4, -0.2) is 32.6 Å². The zero-order chi connectivity index (χ0) is 22.9. The average molecular weight is 459 g/mol. The van der Waals surface area contributed by atoms with Crippen LogP contribution >= 0.6 is 11.6 Å². The quantitative estimate of drug-likeness (QED) is 0.319. The van der Waals surface area contributed by atoms with E-state index >= 15 is 0 Å². The Kier molecular flexibility index (Phi) is 5.40. The Hall–Kier alpha value is -3.97. The van der Waals surface area contributed by atoms with Crippen molar-refractivity contribution >= 4 is 28.3 Å². The summed E-state index contributed by atoms with van der Waals surface area (Å²) in [6.45, 7) is 2.48. The van der Waals surface area contributed by atoms with Crippen LogP contribution in [0, 0.1) is 6.92 Å². The molecule has 0 saturated carbocycles. The molecule has 0 amide bonds.